The van der Waals surface area contributed by atoms with Gasteiger partial charge in [0.2, 0.25) is 0 Å². The highest BCUT2D eigenvalue weighted by atomic mass is 35.5. The molecule has 5 heteroatoms. The van der Waals surface area contributed by atoms with Crippen LogP contribution in [-0.2, 0) is 21.3 Å². The van der Waals surface area contributed by atoms with Crippen LogP contribution in [0.5, 0.6) is 0 Å². The van der Waals surface area contributed by atoms with Gasteiger partial charge in [0.25, 0.3) is 0 Å². The molecule has 106 valence electrons. The molecule has 0 aliphatic rings. The Morgan fingerprint density at radius 1 is 0.900 bits per heavy atom. The highest BCUT2D eigenvalue weighted by molar-refractivity contribution is 7.89. The summed E-state index contributed by atoms with van der Waals surface area (Å²) in [5.74, 6) is -0.166. The zero-order valence-corrected chi connectivity index (χ0v) is 13.3. The molecule has 20 heavy (non-hydrogen) atoms. The summed E-state index contributed by atoms with van der Waals surface area (Å²) >= 11 is 12.0. The van der Waals surface area contributed by atoms with Crippen LogP contribution in [0, 0.1) is 6.92 Å². The average molecular weight is 329 g/mol. The van der Waals surface area contributed by atoms with Crippen molar-refractivity contribution in [3.8, 4) is 0 Å². The standard InChI is InChI=1S/C15H14Cl2O2S/c1-11-5-2-3-6-12(11)9-20(18,19)10-13-14(16)7-4-8-15(13)17/h2-8H,9-10H2,1H3. The van der Waals surface area contributed by atoms with Gasteiger partial charge in [-0.05, 0) is 30.2 Å². The van der Waals surface area contributed by atoms with Crippen molar-refractivity contribution in [3.63, 3.8) is 0 Å². The Labute approximate surface area is 129 Å². The van der Waals surface area contributed by atoms with Gasteiger partial charge >= 0.3 is 0 Å². The Bertz CT molecular complexity index is 704. The number of sulfone groups is 1. The summed E-state index contributed by atoms with van der Waals surface area (Å²) in [7, 11) is -3.32. The van der Waals surface area contributed by atoms with E-state index in [4.69, 9.17) is 23.2 Å². The van der Waals surface area contributed by atoms with Crippen LogP contribution in [0.3, 0.4) is 0 Å². The maximum absolute atomic E-state index is 12.3. The minimum atomic E-state index is -3.32. The first-order valence-electron chi connectivity index (χ1n) is 6.07. The lowest BCUT2D eigenvalue weighted by Gasteiger charge is -2.09. The molecule has 0 spiro atoms. The van der Waals surface area contributed by atoms with Crippen LogP contribution in [0.2, 0.25) is 10.0 Å². The molecule has 0 bridgehead atoms. The van der Waals surface area contributed by atoms with Crippen molar-refractivity contribution in [2.24, 2.45) is 0 Å². The monoisotopic (exact) mass is 328 g/mol. The van der Waals surface area contributed by atoms with Crippen LogP contribution in [-0.4, -0.2) is 8.42 Å². The van der Waals surface area contributed by atoms with Crippen molar-refractivity contribution in [2.75, 3.05) is 0 Å². The maximum atomic E-state index is 12.3. The number of aryl methyl sites for hydroxylation is 1. The van der Waals surface area contributed by atoms with Gasteiger partial charge in [-0.2, -0.15) is 0 Å². The molecule has 0 saturated carbocycles. The minimum absolute atomic E-state index is 0.0127. The predicted molar refractivity (Wildman–Crippen MR) is 84.0 cm³/mol. The Morgan fingerprint density at radius 2 is 1.50 bits per heavy atom. The molecular formula is C15H14Cl2O2S. The first kappa shape index (κ1) is 15.4. The zero-order chi connectivity index (χ0) is 14.8. The molecule has 0 radical (unpaired) electrons. The van der Waals surface area contributed by atoms with Crippen molar-refractivity contribution in [2.45, 2.75) is 18.4 Å². The van der Waals surface area contributed by atoms with Gasteiger partial charge in [-0.15, -0.1) is 0 Å². The van der Waals surface area contributed by atoms with E-state index in [0.717, 1.165) is 11.1 Å². The van der Waals surface area contributed by atoms with Gasteiger partial charge in [-0.25, -0.2) is 8.42 Å². The van der Waals surface area contributed by atoms with E-state index in [1.165, 1.54) is 0 Å². The molecule has 0 atom stereocenters. The molecule has 2 aromatic carbocycles. The second-order valence-electron chi connectivity index (χ2n) is 4.66. The SMILES string of the molecule is Cc1ccccc1CS(=O)(=O)Cc1c(Cl)cccc1Cl. The molecule has 0 saturated heterocycles. The zero-order valence-electron chi connectivity index (χ0n) is 10.9. The summed E-state index contributed by atoms with van der Waals surface area (Å²) in [4.78, 5) is 0. The summed E-state index contributed by atoms with van der Waals surface area (Å²) in [6.45, 7) is 1.90. The number of hydrogen-bond donors (Lipinski definition) is 0. The molecule has 0 fully saturated rings. The molecule has 0 amide bonds. The molecule has 2 aromatic rings. The maximum Gasteiger partial charge on any atom is 0.158 e. The van der Waals surface area contributed by atoms with Crippen molar-refractivity contribution >= 4 is 33.0 Å². The molecule has 0 aliphatic carbocycles. The van der Waals surface area contributed by atoms with Crippen molar-refractivity contribution in [1.82, 2.24) is 0 Å². The van der Waals surface area contributed by atoms with Gasteiger partial charge in [0, 0.05) is 15.6 Å². The predicted octanol–water partition coefficient (Wildman–Crippen LogP) is 4.42. The third kappa shape index (κ3) is 3.75. The van der Waals surface area contributed by atoms with Gasteiger partial charge in [-0.1, -0.05) is 53.5 Å². The minimum Gasteiger partial charge on any atom is -0.228 e. The lowest BCUT2D eigenvalue weighted by atomic mass is 10.1. The Kier molecular flexibility index (Phi) is 4.74. The lowest BCUT2D eigenvalue weighted by molar-refractivity contribution is 0.594. The van der Waals surface area contributed by atoms with Crippen molar-refractivity contribution in [1.29, 1.82) is 0 Å². The van der Waals surface area contributed by atoms with Gasteiger partial charge in [0.15, 0.2) is 9.84 Å². The largest absolute Gasteiger partial charge is 0.228 e. The van der Waals surface area contributed by atoms with E-state index in [1.807, 2.05) is 31.2 Å². The average Bonchev–Trinajstić information content (AvgIpc) is 2.37. The summed E-state index contributed by atoms with van der Waals surface area (Å²) in [5.41, 5.74) is 2.22. The van der Waals surface area contributed by atoms with Crippen LogP contribution in [0.1, 0.15) is 16.7 Å². The number of hydrogen-bond acceptors (Lipinski definition) is 2. The van der Waals surface area contributed by atoms with Gasteiger partial charge in [0.05, 0.1) is 11.5 Å². The first-order valence-corrected chi connectivity index (χ1v) is 8.64. The van der Waals surface area contributed by atoms with E-state index < -0.39 is 9.84 Å². The topological polar surface area (TPSA) is 34.1 Å². The first-order chi connectivity index (χ1) is 9.39. The second-order valence-corrected chi connectivity index (χ2v) is 7.54. The van der Waals surface area contributed by atoms with Crippen LogP contribution in [0.4, 0.5) is 0 Å². The van der Waals surface area contributed by atoms with Crippen LogP contribution >= 0.6 is 23.2 Å². The Morgan fingerprint density at radius 3 is 2.10 bits per heavy atom. The third-order valence-electron chi connectivity index (χ3n) is 3.06. The van der Waals surface area contributed by atoms with Gasteiger partial charge < -0.3 is 0 Å². The summed E-state index contributed by atoms with van der Waals surface area (Å²) in [6.07, 6.45) is 0. The van der Waals surface area contributed by atoms with E-state index >= 15 is 0 Å². The van der Waals surface area contributed by atoms with Crippen LogP contribution in [0.15, 0.2) is 42.5 Å². The molecular weight excluding hydrogens is 315 g/mol. The molecule has 0 heterocycles. The van der Waals surface area contributed by atoms with Gasteiger partial charge in [-0.3, -0.25) is 0 Å². The van der Waals surface area contributed by atoms with E-state index in [0.29, 0.717) is 15.6 Å². The summed E-state index contributed by atoms with van der Waals surface area (Å²) in [6, 6.07) is 12.4. The highest BCUT2D eigenvalue weighted by Gasteiger charge is 2.18. The van der Waals surface area contributed by atoms with Crippen molar-refractivity contribution in [3.05, 3.63) is 69.2 Å². The van der Waals surface area contributed by atoms with Crippen molar-refractivity contribution < 1.29 is 8.42 Å². The molecule has 2 nitrogen and oxygen atoms in total. The normalized spacial score (nSPS) is 11.6. The number of benzene rings is 2. The fourth-order valence-corrected chi connectivity index (χ4v) is 4.29. The second kappa shape index (κ2) is 6.17. The van der Waals surface area contributed by atoms with E-state index in [1.54, 1.807) is 18.2 Å². The molecule has 0 N–H and O–H groups in total. The van der Waals surface area contributed by atoms with E-state index in [2.05, 4.69) is 0 Å². The molecule has 2 rings (SSSR count). The Hall–Kier alpha value is -1.03. The van der Waals surface area contributed by atoms with Crippen LogP contribution in [0.25, 0.3) is 0 Å². The van der Waals surface area contributed by atoms with Crippen LogP contribution < -0.4 is 0 Å². The molecule has 0 unspecified atom stereocenters. The number of rotatable bonds is 4. The quantitative estimate of drug-likeness (QED) is 0.832. The Balaban J connectivity index is 2.27. The highest BCUT2D eigenvalue weighted by Crippen LogP contribution is 2.27. The van der Waals surface area contributed by atoms with E-state index in [9.17, 15) is 8.42 Å². The fourth-order valence-electron chi connectivity index (χ4n) is 1.95. The van der Waals surface area contributed by atoms with E-state index in [-0.39, 0.29) is 11.5 Å². The lowest BCUT2D eigenvalue weighted by Crippen LogP contribution is -2.09. The number of halogens is 2. The molecule has 0 aliphatic heterocycles. The summed E-state index contributed by atoms with van der Waals surface area (Å²) < 4.78 is 24.6. The summed E-state index contributed by atoms with van der Waals surface area (Å²) in [5, 5.41) is 0.761. The molecule has 0 aromatic heterocycles. The smallest absolute Gasteiger partial charge is 0.158 e. The fraction of sp³-hybridized carbons (Fsp3) is 0.200. The van der Waals surface area contributed by atoms with Gasteiger partial charge in [0.1, 0.15) is 0 Å². The third-order valence-corrected chi connectivity index (χ3v) is 5.25.